The average molecular weight is 373 g/mol. The monoisotopic (exact) mass is 373 g/mol. The third-order valence-electron chi connectivity index (χ3n) is 4.50. The van der Waals surface area contributed by atoms with Crippen molar-refractivity contribution in [1.29, 1.82) is 0 Å². The lowest BCUT2D eigenvalue weighted by Gasteiger charge is -2.36. The molecule has 2 atom stereocenters. The van der Waals surface area contributed by atoms with Gasteiger partial charge in [-0.1, -0.05) is 42.5 Å². The number of nitrogens with zero attached hydrogens (tertiary/aromatic N) is 1. The molecule has 6 heteroatoms. The van der Waals surface area contributed by atoms with Gasteiger partial charge < -0.3 is 4.74 Å². The highest BCUT2D eigenvalue weighted by atomic mass is 32.2. The minimum atomic E-state index is -3.62. The molecule has 0 aromatic heterocycles. The molecule has 1 aliphatic rings. The van der Waals surface area contributed by atoms with E-state index in [2.05, 4.69) is 0 Å². The summed E-state index contributed by atoms with van der Waals surface area (Å²) in [6, 6.07) is 16.0. The number of hydrogen-bond donors (Lipinski definition) is 0. The first-order chi connectivity index (χ1) is 12.4. The first-order valence-electron chi connectivity index (χ1n) is 8.67. The summed E-state index contributed by atoms with van der Waals surface area (Å²) in [4.78, 5) is 11.6. The van der Waals surface area contributed by atoms with Crippen molar-refractivity contribution in [3.8, 4) is 0 Å². The van der Waals surface area contributed by atoms with Crippen molar-refractivity contribution in [1.82, 2.24) is 4.31 Å². The average Bonchev–Trinajstić information content (AvgIpc) is 2.62. The smallest absolute Gasteiger partial charge is 0.243 e. The third kappa shape index (κ3) is 4.20. The van der Waals surface area contributed by atoms with Gasteiger partial charge in [0.2, 0.25) is 10.0 Å². The number of carbonyl (C=O) groups excluding carboxylic acids is 1. The molecular formula is C20H23NO4S. The number of rotatable bonds is 5. The minimum absolute atomic E-state index is 0.0862. The van der Waals surface area contributed by atoms with Gasteiger partial charge in [0.05, 0.1) is 17.1 Å². The molecule has 0 radical (unpaired) electrons. The summed E-state index contributed by atoms with van der Waals surface area (Å²) in [5.74, 6) is -0.0862. The Morgan fingerprint density at radius 2 is 1.73 bits per heavy atom. The predicted molar refractivity (Wildman–Crippen MR) is 99.7 cm³/mol. The van der Waals surface area contributed by atoms with Crippen LogP contribution in [0.4, 0.5) is 0 Å². The molecule has 1 heterocycles. The zero-order chi connectivity index (χ0) is 18.7. The van der Waals surface area contributed by atoms with Crippen LogP contribution in [0.1, 0.15) is 29.8 Å². The maximum absolute atomic E-state index is 13.0. The fourth-order valence-corrected chi connectivity index (χ4v) is 4.75. The summed E-state index contributed by atoms with van der Waals surface area (Å²) in [6.45, 7) is 3.98. The Hall–Kier alpha value is -2.02. The van der Waals surface area contributed by atoms with Crippen molar-refractivity contribution in [2.75, 3.05) is 13.1 Å². The zero-order valence-corrected chi connectivity index (χ0v) is 15.8. The van der Waals surface area contributed by atoms with Crippen LogP contribution in [0, 0.1) is 0 Å². The molecule has 0 amide bonds. The Labute approximate surface area is 154 Å². The van der Waals surface area contributed by atoms with Gasteiger partial charge in [0, 0.05) is 18.7 Å². The molecule has 26 heavy (non-hydrogen) atoms. The second-order valence-corrected chi connectivity index (χ2v) is 8.60. The second kappa shape index (κ2) is 7.70. The quantitative estimate of drug-likeness (QED) is 0.756. The van der Waals surface area contributed by atoms with Gasteiger partial charge in [-0.25, -0.2) is 8.42 Å². The molecule has 2 unspecified atom stereocenters. The molecule has 2 aromatic rings. The van der Waals surface area contributed by atoms with Crippen LogP contribution in [-0.2, 0) is 21.2 Å². The number of ether oxygens (including phenoxy) is 1. The Bertz CT molecular complexity index is 862. The maximum Gasteiger partial charge on any atom is 0.243 e. The van der Waals surface area contributed by atoms with Crippen LogP contribution in [0.15, 0.2) is 59.5 Å². The molecule has 0 aliphatic carbocycles. The summed E-state index contributed by atoms with van der Waals surface area (Å²) < 4.78 is 33.4. The van der Waals surface area contributed by atoms with Gasteiger partial charge in [-0.2, -0.15) is 4.31 Å². The Balaban J connectivity index is 1.78. The summed E-state index contributed by atoms with van der Waals surface area (Å²) in [6.07, 6.45) is 0.302. The van der Waals surface area contributed by atoms with Crippen LogP contribution in [0.25, 0.3) is 0 Å². The van der Waals surface area contributed by atoms with Crippen molar-refractivity contribution < 1.29 is 17.9 Å². The largest absolute Gasteiger partial charge is 0.372 e. The highest BCUT2D eigenvalue weighted by molar-refractivity contribution is 7.89. The number of ketones is 1. The number of sulfonamides is 1. The first-order valence-corrected chi connectivity index (χ1v) is 10.1. The van der Waals surface area contributed by atoms with E-state index in [1.54, 1.807) is 12.1 Å². The van der Waals surface area contributed by atoms with Crippen molar-refractivity contribution in [3.63, 3.8) is 0 Å². The fourth-order valence-electron chi connectivity index (χ4n) is 3.20. The second-order valence-electron chi connectivity index (χ2n) is 6.66. The first kappa shape index (κ1) is 18.8. The maximum atomic E-state index is 13.0. The van der Waals surface area contributed by atoms with Crippen molar-refractivity contribution >= 4 is 15.8 Å². The molecule has 0 saturated carbocycles. The highest BCUT2D eigenvalue weighted by Crippen LogP contribution is 2.23. The van der Waals surface area contributed by atoms with E-state index in [9.17, 15) is 13.2 Å². The van der Waals surface area contributed by atoms with E-state index in [1.807, 2.05) is 37.3 Å². The summed E-state index contributed by atoms with van der Waals surface area (Å²) in [5, 5.41) is 0. The predicted octanol–water partition coefficient (Wildman–Crippen LogP) is 2.91. The van der Waals surface area contributed by atoms with Gasteiger partial charge in [-0.3, -0.25) is 4.79 Å². The van der Waals surface area contributed by atoms with Crippen LogP contribution in [0.2, 0.25) is 0 Å². The lowest BCUT2D eigenvalue weighted by atomic mass is 10.1. The summed E-state index contributed by atoms with van der Waals surface area (Å²) >= 11 is 0. The van der Waals surface area contributed by atoms with E-state index in [4.69, 9.17) is 4.74 Å². The molecule has 0 spiro atoms. The van der Waals surface area contributed by atoms with Gasteiger partial charge >= 0.3 is 0 Å². The fraction of sp³-hybridized carbons (Fsp3) is 0.350. The Morgan fingerprint density at radius 3 is 2.35 bits per heavy atom. The molecule has 1 aliphatic heterocycles. The van der Waals surface area contributed by atoms with Crippen LogP contribution in [0.3, 0.4) is 0 Å². The Morgan fingerprint density at radius 1 is 1.08 bits per heavy atom. The third-order valence-corrected chi connectivity index (χ3v) is 6.34. The molecule has 3 rings (SSSR count). The topological polar surface area (TPSA) is 63.7 Å². The number of morpholine rings is 1. The molecular weight excluding hydrogens is 350 g/mol. The summed E-state index contributed by atoms with van der Waals surface area (Å²) in [7, 11) is -3.62. The van der Waals surface area contributed by atoms with E-state index >= 15 is 0 Å². The van der Waals surface area contributed by atoms with E-state index in [-0.39, 0.29) is 22.9 Å². The summed E-state index contributed by atoms with van der Waals surface area (Å²) in [5.41, 5.74) is 1.62. The highest BCUT2D eigenvalue weighted by Gasteiger charge is 2.33. The van der Waals surface area contributed by atoms with Crippen molar-refractivity contribution in [2.24, 2.45) is 0 Å². The molecule has 2 aromatic carbocycles. The Kier molecular flexibility index (Phi) is 5.55. The van der Waals surface area contributed by atoms with Gasteiger partial charge in [-0.05, 0) is 38.0 Å². The van der Waals surface area contributed by atoms with E-state index in [1.165, 1.54) is 23.4 Å². The number of carbonyl (C=O) groups is 1. The van der Waals surface area contributed by atoms with Crippen LogP contribution in [-0.4, -0.2) is 43.8 Å². The van der Waals surface area contributed by atoms with Gasteiger partial charge in [0.1, 0.15) is 0 Å². The van der Waals surface area contributed by atoms with Gasteiger partial charge in [0.25, 0.3) is 0 Å². The van der Waals surface area contributed by atoms with Crippen molar-refractivity contribution in [2.45, 2.75) is 37.4 Å². The standard InChI is InChI=1S/C20H23NO4S/c1-15-13-21(14-19(25-15)12-17-6-4-3-5-7-17)26(23,24)20-10-8-18(9-11-20)16(2)22/h3-11,15,19H,12-14H2,1-2H3. The number of Topliss-reactive ketones (excluding diaryl/α,β-unsaturated/α-hetero) is 1. The van der Waals surface area contributed by atoms with E-state index in [0.717, 1.165) is 5.56 Å². The number of benzene rings is 2. The van der Waals surface area contributed by atoms with E-state index in [0.29, 0.717) is 25.1 Å². The van der Waals surface area contributed by atoms with Crippen LogP contribution < -0.4 is 0 Å². The normalized spacial score (nSPS) is 21.5. The molecule has 5 nitrogen and oxygen atoms in total. The van der Waals surface area contributed by atoms with Crippen LogP contribution >= 0.6 is 0 Å². The van der Waals surface area contributed by atoms with Crippen molar-refractivity contribution in [3.05, 3.63) is 65.7 Å². The van der Waals surface area contributed by atoms with Crippen LogP contribution in [0.5, 0.6) is 0 Å². The zero-order valence-electron chi connectivity index (χ0n) is 15.0. The lowest BCUT2D eigenvalue weighted by Crippen LogP contribution is -2.49. The molecule has 0 bridgehead atoms. The van der Waals surface area contributed by atoms with E-state index < -0.39 is 10.0 Å². The molecule has 0 N–H and O–H groups in total. The number of hydrogen-bond acceptors (Lipinski definition) is 4. The molecule has 138 valence electrons. The van der Waals surface area contributed by atoms with Gasteiger partial charge in [-0.15, -0.1) is 0 Å². The SMILES string of the molecule is CC(=O)c1ccc(S(=O)(=O)N2CC(C)OC(Cc3ccccc3)C2)cc1. The van der Waals surface area contributed by atoms with Gasteiger partial charge in [0.15, 0.2) is 5.78 Å². The molecule has 1 saturated heterocycles. The lowest BCUT2D eigenvalue weighted by molar-refractivity contribution is -0.0529. The molecule has 1 fully saturated rings. The minimum Gasteiger partial charge on any atom is -0.372 e.